The van der Waals surface area contributed by atoms with Crippen LogP contribution in [0.3, 0.4) is 0 Å². The summed E-state index contributed by atoms with van der Waals surface area (Å²) in [6.45, 7) is 16.8. The maximum absolute atomic E-state index is 13.6. The highest BCUT2D eigenvalue weighted by atomic mass is 16.4. The molecule has 0 unspecified atom stereocenters. The second-order valence-electron chi connectivity index (χ2n) is 14.4. The Labute approximate surface area is 300 Å². The first-order valence-corrected chi connectivity index (χ1v) is 18.6. The van der Waals surface area contributed by atoms with Crippen LogP contribution in [0.1, 0.15) is 78.4 Å². The molecule has 0 bridgehead atoms. The van der Waals surface area contributed by atoms with Crippen LogP contribution in [0, 0.1) is 0 Å². The van der Waals surface area contributed by atoms with Gasteiger partial charge in [-0.2, -0.15) is 0 Å². The lowest BCUT2D eigenvalue weighted by Crippen LogP contribution is -2.25. The van der Waals surface area contributed by atoms with Crippen LogP contribution in [-0.2, 0) is 5.41 Å². The number of hydrogen-bond donors (Lipinski definition) is 0. The molecule has 0 aliphatic heterocycles. The zero-order valence-corrected chi connectivity index (χ0v) is 30.8. The van der Waals surface area contributed by atoms with E-state index >= 15 is 0 Å². The predicted octanol–water partition coefficient (Wildman–Crippen LogP) is 10.8. The molecule has 0 saturated carbocycles. The van der Waals surface area contributed by atoms with Crippen LogP contribution in [-0.4, -0.2) is 26.2 Å². The van der Waals surface area contributed by atoms with Crippen molar-refractivity contribution in [3.8, 4) is 33.4 Å². The quantitative estimate of drug-likeness (QED) is 0.120. The van der Waals surface area contributed by atoms with E-state index in [2.05, 4.69) is 93.8 Å². The van der Waals surface area contributed by atoms with Gasteiger partial charge in [-0.1, -0.05) is 64.8 Å². The van der Waals surface area contributed by atoms with Crippen molar-refractivity contribution in [3.05, 3.63) is 117 Å². The van der Waals surface area contributed by atoms with Gasteiger partial charge in [0.2, 0.25) is 0 Å². The third-order valence-corrected chi connectivity index (χ3v) is 10.8. The summed E-state index contributed by atoms with van der Waals surface area (Å²) in [6.07, 6.45) is 4.51. The van der Waals surface area contributed by atoms with E-state index < -0.39 is 0 Å². The number of benzene rings is 4. The topological polar surface area (TPSA) is 66.9 Å². The van der Waals surface area contributed by atoms with Crippen LogP contribution in [0.15, 0.2) is 103 Å². The van der Waals surface area contributed by atoms with E-state index in [0.717, 1.165) is 96.3 Å². The van der Waals surface area contributed by atoms with E-state index in [0.29, 0.717) is 22.3 Å². The molecular weight excluding hydrogens is 633 g/mol. The third kappa shape index (κ3) is 6.26. The molecule has 0 amide bonds. The first-order valence-electron chi connectivity index (χ1n) is 18.6. The number of anilines is 2. The van der Waals surface area contributed by atoms with Gasteiger partial charge in [0.15, 0.2) is 0 Å². The molecule has 2 aromatic heterocycles. The highest BCUT2D eigenvalue weighted by molar-refractivity contribution is 5.90. The smallest absolute Gasteiger partial charge is 0.344 e. The Bertz CT molecular complexity index is 2350. The number of rotatable bonds is 12. The van der Waals surface area contributed by atoms with Crippen LogP contribution in [0.5, 0.6) is 0 Å². The molecule has 0 spiro atoms. The molecule has 4 aromatic carbocycles. The maximum atomic E-state index is 13.6. The molecule has 6 aromatic rings. The molecule has 7 rings (SSSR count). The zero-order chi connectivity index (χ0) is 35.9. The normalized spacial score (nSPS) is 13.1. The molecule has 51 heavy (non-hydrogen) atoms. The summed E-state index contributed by atoms with van der Waals surface area (Å²) in [5.41, 5.74) is 9.52. The van der Waals surface area contributed by atoms with Crippen molar-refractivity contribution in [2.75, 3.05) is 36.0 Å². The van der Waals surface area contributed by atoms with Crippen LogP contribution in [0.4, 0.5) is 11.4 Å². The highest BCUT2D eigenvalue weighted by Crippen LogP contribution is 2.50. The molecule has 0 N–H and O–H groups in total. The number of hydrogen-bond acceptors (Lipinski definition) is 6. The Morgan fingerprint density at radius 1 is 0.529 bits per heavy atom. The van der Waals surface area contributed by atoms with E-state index in [1.54, 1.807) is 0 Å². The van der Waals surface area contributed by atoms with E-state index in [9.17, 15) is 9.59 Å². The average Bonchev–Trinajstić information content (AvgIpc) is 3.36. The Morgan fingerprint density at radius 2 is 0.980 bits per heavy atom. The van der Waals surface area contributed by atoms with Crippen LogP contribution >= 0.6 is 0 Å². The molecule has 1 aliphatic carbocycles. The van der Waals surface area contributed by atoms with Gasteiger partial charge in [-0.05, 0) is 109 Å². The van der Waals surface area contributed by atoms with E-state index in [1.807, 2.05) is 42.5 Å². The lowest BCUT2D eigenvalue weighted by Gasteiger charge is -2.24. The molecule has 6 heteroatoms. The molecule has 0 fully saturated rings. The van der Waals surface area contributed by atoms with Gasteiger partial charge in [-0.3, -0.25) is 0 Å². The van der Waals surface area contributed by atoms with E-state index in [4.69, 9.17) is 8.83 Å². The van der Waals surface area contributed by atoms with Gasteiger partial charge in [-0.25, -0.2) is 9.59 Å². The summed E-state index contributed by atoms with van der Waals surface area (Å²) in [4.78, 5) is 31.6. The highest BCUT2D eigenvalue weighted by Gasteiger charge is 2.36. The lowest BCUT2D eigenvalue weighted by atomic mass is 9.82. The summed E-state index contributed by atoms with van der Waals surface area (Å²) in [5, 5.41) is 1.78. The van der Waals surface area contributed by atoms with Gasteiger partial charge >= 0.3 is 11.3 Å². The van der Waals surface area contributed by atoms with E-state index in [1.165, 1.54) is 11.1 Å². The zero-order valence-electron chi connectivity index (χ0n) is 30.8. The number of fused-ring (bicyclic) bond motifs is 5. The Balaban J connectivity index is 1.26. The summed E-state index contributed by atoms with van der Waals surface area (Å²) < 4.78 is 11.9. The fraction of sp³-hybridized carbons (Fsp3) is 0.333. The van der Waals surface area contributed by atoms with Crippen LogP contribution in [0.2, 0.25) is 0 Å². The van der Waals surface area contributed by atoms with Crippen molar-refractivity contribution in [2.45, 2.75) is 72.6 Å². The van der Waals surface area contributed by atoms with Crippen molar-refractivity contribution in [3.63, 3.8) is 0 Å². The summed E-state index contributed by atoms with van der Waals surface area (Å²) in [6, 6.07) is 28.7. The summed E-state index contributed by atoms with van der Waals surface area (Å²) in [7, 11) is 0. The third-order valence-electron chi connectivity index (χ3n) is 10.8. The maximum Gasteiger partial charge on any atom is 0.344 e. The van der Waals surface area contributed by atoms with Crippen molar-refractivity contribution in [2.24, 2.45) is 0 Å². The first kappa shape index (κ1) is 34.4. The molecular formula is C45H48N2O4. The van der Waals surface area contributed by atoms with Gasteiger partial charge in [-0.15, -0.1) is 0 Å². The predicted molar refractivity (Wildman–Crippen MR) is 213 cm³/mol. The summed E-state index contributed by atoms with van der Waals surface area (Å²) in [5.74, 6) is 0. The van der Waals surface area contributed by atoms with Gasteiger partial charge < -0.3 is 18.6 Å². The molecule has 1 aliphatic rings. The minimum Gasteiger partial charge on any atom is -0.422 e. The van der Waals surface area contributed by atoms with Crippen molar-refractivity contribution in [1.29, 1.82) is 0 Å². The second kappa shape index (κ2) is 13.9. The Hall–Kier alpha value is -5.10. The van der Waals surface area contributed by atoms with Crippen LogP contribution in [0.25, 0.3) is 55.3 Å². The minimum absolute atomic E-state index is 0.248. The molecule has 2 heterocycles. The fourth-order valence-corrected chi connectivity index (χ4v) is 7.76. The Morgan fingerprint density at radius 3 is 1.41 bits per heavy atom. The summed E-state index contributed by atoms with van der Waals surface area (Å²) >= 11 is 0. The number of nitrogens with zero attached hydrogens (tertiary/aromatic N) is 2. The first-order chi connectivity index (χ1) is 24.7. The van der Waals surface area contributed by atoms with Gasteiger partial charge in [0.05, 0.1) is 11.1 Å². The molecule has 262 valence electrons. The van der Waals surface area contributed by atoms with Crippen molar-refractivity contribution in [1.82, 2.24) is 0 Å². The van der Waals surface area contributed by atoms with Gasteiger partial charge in [0.25, 0.3) is 0 Å². The molecule has 6 nitrogen and oxygen atoms in total. The van der Waals surface area contributed by atoms with Crippen molar-refractivity contribution >= 4 is 33.3 Å². The van der Waals surface area contributed by atoms with Crippen molar-refractivity contribution < 1.29 is 8.83 Å². The van der Waals surface area contributed by atoms with Gasteiger partial charge in [0, 0.05) is 65.9 Å². The SMILES string of the molecule is CCCCN(CCCC)c1ccc2cc(-c3ccc4c(c3)-c3cc(-c5cc6ccc(N(CC)CC)cc6oc5=O)ccc3C4(C)C)c(=O)oc2c1. The number of unbranched alkanes of at least 4 members (excludes halogenated alkanes) is 2. The standard InChI is InChI=1S/C45H48N2O4/c1-7-11-21-47(22-12-8-2)34-18-14-32-26-36(44(49)51-42(32)28-34)30-16-20-40-38(24-30)37-23-29(15-19-39(37)45(40,5)6)35-25-31-13-17-33(46(9-3)10-4)27-41(31)50-43(35)48/h13-20,23-28H,7-12,21-22H2,1-6H3. The monoisotopic (exact) mass is 680 g/mol. The molecule has 0 radical (unpaired) electrons. The largest absolute Gasteiger partial charge is 0.422 e. The van der Waals surface area contributed by atoms with E-state index in [-0.39, 0.29) is 16.7 Å². The fourth-order valence-electron chi connectivity index (χ4n) is 7.76. The minimum atomic E-state index is -0.360. The van der Waals surface area contributed by atoms with Crippen LogP contribution < -0.4 is 21.1 Å². The second-order valence-corrected chi connectivity index (χ2v) is 14.4. The Kier molecular flexibility index (Phi) is 9.36. The molecule has 0 atom stereocenters. The lowest BCUT2D eigenvalue weighted by molar-refractivity contribution is 0.563. The average molecular weight is 681 g/mol. The van der Waals surface area contributed by atoms with Gasteiger partial charge in [0.1, 0.15) is 11.2 Å². The molecule has 0 saturated heterocycles.